The van der Waals surface area contributed by atoms with Gasteiger partial charge in [0, 0.05) is 31.9 Å². The van der Waals surface area contributed by atoms with Crippen LogP contribution in [0, 0.1) is 6.92 Å². The Balaban J connectivity index is 1.63. The largest absolute Gasteiger partial charge is 0.379 e. The molecule has 24 heavy (non-hydrogen) atoms. The lowest BCUT2D eigenvalue weighted by atomic mass is 9.98. The summed E-state index contributed by atoms with van der Waals surface area (Å²) in [5, 5.41) is 8.05. The quantitative estimate of drug-likeness (QED) is 0.846. The molecule has 2 aromatic rings. The van der Waals surface area contributed by atoms with Gasteiger partial charge >= 0.3 is 0 Å². The number of rotatable bonds is 7. The van der Waals surface area contributed by atoms with Crippen molar-refractivity contribution in [1.29, 1.82) is 0 Å². The minimum atomic E-state index is 0.363. The zero-order chi connectivity index (χ0) is 16.8. The number of aryl methyl sites for hydroxylation is 1. The lowest BCUT2D eigenvalue weighted by Gasteiger charge is -2.38. The summed E-state index contributed by atoms with van der Waals surface area (Å²) in [6, 6.07) is 11.5. The Morgan fingerprint density at radius 1 is 1.21 bits per heavy atom. The molecule has 0 radical (unpaired) electrons. The third-order valence-corrected chi connectivity index (χ3v) is 4.62. The summed E-state index contributed by atoms with van der Waals surface area (Å²) in [4.78, 5) is 2.54. The van der Waals surface area contributed by atoms with Crippen LogP contribution in [-0.4, -0.2) is 53.6 Å². The summed E-state index contributed by atoms with van der Waals surface area (Å²) in [6.07, 6.45) is 3.99. The highest BCUT2D eigenvalue weighted by molar-refractivity contribution is 5.21. The van der Waals surface area contributed by atoms with Crippen molar-refractivity contribution in [1.82, 2.24) is 20.0 Å². The Labute approximate surface area is 144 Å². The summed E-state index contributed by atoms with van der Waals surface area (Å²) in [5.74, 6) is 0. The fourth-order valence-electron chi connectivity index (χ4n) is 3.43. The fraction of sp³-hybridized carbons (Fsp3) is 0.526. The van der Waals surface area contributed by atoms with E-state index in [4.69, 9.17) is 4.74 Å². The number of ether oxygens (including phenoxy) is 1. The summed E-state index contributed by atoms with van der Waals surface area (Å²) in [7, 11) is 0. The van der Waals surface area contributed by atoms with Gasteiger partial charge < -0.3 is 10.1 Å². The van der Waals surface area contributed by atoms with Gasteiger partial charge in [0.15, 0.2) is 0 Å². The zero-order valence-corrected chi connectivity index (χ0v) is 14.7. The van der Waals surface area contributed by atoms with E-state index >= 15 is 0 Å². The normalized spacial score (nSPS) is 18.4. The van der Waals surface area contributed by atoms with E-state index < -0.39 is 0 Å². The van der Waals surface area contributed by atoms with Crippen molar-refractivity contribution in [3.63, 3.8) is 0 Å². The monoisotopic (exact) mass is 328 g/mol. The molecule has 0 bridgehead atoms. The molecule has 130 valence electrons. The Bertz CT molecular complexity index is 607. The molecule has 0 unspecified atom stereocenters. The molecule has 1 aliphatic rings. The van der Waals surface area contributed by atoms with Gasteiger partial charge in [-0.15, -0.1) is 0 Å². The van der Waals surface area contributed by atoms with Gasteiger partial charge in [0.25, 0.3) is 0 Å². The van der Waals surface area contributed by atoms with E-state index in [2.05, 4.69) is 65.7 Å². The van der Waals surface area contributed by atoms with Gasteiger partial charge in [-0.05, 0) is 25.0 Å². The van der Waals surface area contributed by atoms with Gasteiger partial charge in [-0.2, -0.15) is 5.10 Å². The third-order valence-electron chi connectivity index (χ3n) is 4.62. The number of nitrogens with zero attached hydrogens (tertiary/aromatic N) is 3. The van der Waals surface area contributed by atoms with Crippen LogP contribution in [0.15, 0.2) is 42.7 Å². The van der Waals surface area contributed by atoms with Crippen LogP contribution in [0.25, 0.3) is 0 Å². The van der Waals surface area contributed by atoms with Crippen molar-refractivity contribution in [2.75, 3.05) is 32.8 Å². The number of nitrogens with one attached hydrogen (secondary N) is 1. The van der Waals surface area contributed by atoms with Gasteiger partial charge in [0.2, 0.25) is 0 Å². The molecule has 0 aliphatic carbocycles. The maximum absolute atomic E-state index is 5.53. The van der Waals surface area contributed by atoms with Crippen molar-refractivity contribution in [3.8, 4) is 0 Å². The number of hydrogen-bond acceptors (Lipinski definition) is 4. The van der Waals surface area contributed by atoms with Crippen LogP contribution in [0.2, 0.25) is 0 Å². The Kier molecular flexibility index (Phi) is 6.01. The second-order valence-corrected chi connectivity index (χ2v) is 6.53. The minimum Gasteiger partial charge on any atom is -0.379 e. The van der Waals surface area contributed by atoms with Crippen molar-refractivity contribution >= 4 is 0 Å². The molecule has 1 aromatic carbocycles. The highest BCUT2D eigenvalue weighted by Crippen LogP contribution is 2.25. The summed E-state index contributed by atoms with van der Waals surface area (Å²) in [6.45, 7) is 9.78. The van der Waals surface area contributed by atoms with Crippen LogP contribution in [-0.2, 0) is 11.3 Å². The second kappa shape index (κ2) is 8.42. The first kappa shape index (κ1) is 17.1. The first-order valence-electron chi connectivity index (χ1n) is 8.83. The van der Waals surface area contributed by atoms with Crippen molar-refractivity contribution in [2.45, 2.75) is 32.5 Å². The van der Waals surface area contributed by atoms with E-state index in [0.717, 1.165) is 39.4 Å². The highest BCUT2D eigenvalue weighted by Gasteiger charge is 2.27. The molecule has 5 heteroatoms. The SMILES string of the molecule is Cc1cnn(CCN[C@@H](C)[C@H](c2ccccc2)N2CCOCC2)c1. The number of aromatic nitrogens is 2. The fourth-order valence-corrected chi connectivity index (χ4v) is 3.43. The smallest absolute Gasteiger partial charge is 0.0594 e. The van der Waals surface area contributed by atoms with E-state index in [-0.39, 0.29) is 0 Å². The Hall–Kier alpha value is -1.69. The van der Waals surface area contributed by atoms with Gasteiger partial charge in [-0.1, -0.05) is 30.3 Å². The van der Waals surface area contributed by atoms with E-state index in [1.54, 1.807) is 0 Å². The van der Waals surface area contributed by atoms with Crippen molar-refractivity contribution in [3.05, 3.63) is 53.9 Å². The summed E-state index contributed by atoms with van der Waals surface area (Å²) < 4.78 is 7.53. The van der Waals surface area contributed by atoms with Gasteiger partial charge in [-0.25, -0.2) is 0 Å². The van der Waals surface area contributed by atoms with E-state index in [1.165, 1.54) is 11.1 Å². The average Bonchev–Trinajstić information content (AvgIpc) is 3.02. The summed E-state index contributed by atoms with van der Waals surface area (Å²) >= 11 is 0. The first-order valence-corrected chi connectivity index (χ1v) is 8.83. The molecule has 2 heterocycles. The highest BCUT2D eigenvalue weighted by atomic mass is 16.5. The standard InChI is InChI=1S/C19H28N4O/c1-16-14-21-23(15-16)9-8-20-17(2)19(18-6-4-3-5-7-18)22-10-12-24-13-11-22/h3-7,14-15,17,19-20H,8-13H2,1-2H3/t17-,19+/m0/s1. The zero-order valence-electron chi connectivity index (χ0n) is 14.7. The Morgan fingerprint density at radius 3 is 2.62 bits per heavy atom. The van der Waals surface area contributed by atoms with E-state index in [9.17, 15) is 0 Å². The molecule has 1 aromatic heterocycles. The first-order chi connectivity index (χ1) is 11.7. The molecule has 0 spiro atoms. The maximum Gasteiger partial charge on any atom is 0.0594 e. The van der Waals surface area contributed by atoms with Crippen LogP contribution in [0.5, 0.6) is 0 Å². The minimum absolute atomic E-state index is 0.363. The predicted octanol–water partition coefficient (Wildman–Crippen LogP) is 2.24. The van der Waals surface area contributed by atoms with Crippen LogP contribution in [0.1, 0.15) is 24.1 Å². The molecule has 0 amide bonds. The van der Waals surface area contributed by atoms with E-state index in [0.29, 0.717) is 12.1 Å². The van der Waals surface area contributed by atoms with Crippen LogP contribution < -0.4 is 5.32 Å². The summed E-state index contributed by atoms with van der Waals surface area (Å²) in [5.41, 5.74) is 2.58. The molecular formula is C19H28N4O. The lowest BCUT2D eigenvalue weighted by molar-refractivity contribution is 0.00865. The van der Waals surface area contributed by atoms with Gasteiger partial charge in [0.05, 0.1) is 32.0 Å². The van der Waals surface area contributed by atoms with Crippen molar-refractivity contribution in [2.24, 2.45) is 0 Å². The Morgan fingerprint density at radius 2 is 1.96 bits per heavy atom. The van der Waals surface area contributed by atoms with Crippen LogP contribution >= 0.6 is 0 Å². The molecule has 3 rings (SSSR count). The third kappa shape index (κ3) is 4.44. The van der Waals surface area contributed by atoms with Gasteiger partial charge in [0.1, 0.15) is 0 Å². The average molecular weight is 328 g/mol. The molecule has 1 N–H and O–H groups in total. The number of morpholine rings is 1. The van der Waals surface area contributed by atoms with E-state index in [1.807, 2.05) is 10.9 Å². The molecular weight excluding hydrogens is 300 g/mol. The molecule has 5 nitrogen and oxygen atoms in total. The number of benzene rings is 1. The van der Waals surface area contributed by atoms with Crippen LogP contribution in [0.3, 0.4) is 0 Å². The topological polar surface area (TPSA) is 42.3 Å². The lowest BCUT2D eigenvalue weighted by Crippen LogP contribution is -2.47. The van der Waals surface area contributed by atoms with Crippen molar-refractivity contribution < 1.29 is 4.74 Å². The molecule has 1 aliphatic heterocycles. The molecule has 1 saturated heterocycles. The van der Waals surface area contributed by atoms with Gasteiger partial charge in [-0.3, -0.25) is 9.58 Å². The predicted molar refractivity (Wildman–Crippen MR) is 96.0 cm³/mol. The second-order valence-electron chi connectivity index (χ2n) is 6.53. The molecule has 2 atom stereocenters. The molecule has 0 saturated carbocycles. The maximum atomic E-state index is 5.53. The van der Waals surface area contributed by atoms with Crippen LogP contribution in [0.4, 0.5) is 0 Å². The molecule has 1 fully saturated rings. The number of hydrogen-bond donors (Lipinski definition) is 1.